The number of nitrogens with zero attached hydrogens (tertiary/aromatic N) is 1. The molecule has 3 rings (SSSR count). The van der Waals surface area contributed by atoms with E-state index in [1.165, 1.54) is 13.2 Å². The highest BCUT2D eigenvalue weighted by atomic mass is 35.5. The van der Waals surface area contributed by atoms with Crippen molar-refractivity contribution in [1.29, 1.82) is 5.26 Å². The van der Waals surface area contributed by atoms with Crippen molar-refractivity contribution in [2.24, 2.45) is 0 Å². The minimum absolute atomic E-state index is 0.0214. The fraction of sp³-hybridized carbons (Fsp3) is 0.100. The van der Waals surface area contributed by atoms with Crippen LogP contribution in [0.25, 0.3) is 17.0 Å². The summed E-state index contributed by atoms with van der Waals surface area (Å²) in [5.41, 5.74) is 1.85. The number of rotatable bonds is 5. The molecule has 0 amide bonds. The van der Waals surface area contributed by atoms with E-state index >= 15 is 0 Å². The highest BCUT2D eigenvalue weighted by Crippen LogP contribution is 2.29. The number of carbonyl (C=O) groups excluding carboxylic acids is 1. The molecular weight excluding hydrogens is 352 g/mol. The maximum absolute atomic E-state index is 12.8. The second-order valence-corrected chi connectivity index (χ2v) is 5.94. The molecule has 0 atom stereocenters. The number of hydrogen-bond donors (Lipinski definition) is 1. The maximum Gasteiger partial charge on any atom is 0.205 e. The Hall–Kier alpha value is -3.23. The lowest BCUT2D eigenvalue weighted by molar-refractivity contribution is 0.104. The minimum atomic E-state index is -0.365. The Balaban J connectivity index is 2.01. The second kappa shape index (κ2) is 7.34. The van der Waals surface area contributed by atoms with Gasteiger partial charge in [0.25, 0.3) is 0 Å². The Labute approximate surface area is 155 Å². The van der Waals surface area contributed by atoms with Gasteiger partial charge < -0.3 is 14.5 Å². The summed E-state index contributed by atoms with van der Waals surface area (Å²) < 4.78 is 10.4. The molecule has 0 saturated heterocycles. The van der Waals surface area contributed by atoms with Crippen molar-refractivity contribution in [3.63, 3.8) is 0 Å². The monoisotopic (exact) mass is 366 g/mol. The van der Waals surface area contributed by atoms with Gasteiger partial charge in [-0.2, -0.15) is 5.26 Å². The molecule has 130 valence electrons. The smallest absolute Gasteiger partial charge is 0.205 e. The number of allylic oxidation sites excluding steroid dienone is 1. The molecule has 0 saturated carbocycles. The van der Waals surface area contributed by atoms with Crippen molar-refractivity contribution >= 4 is 34.4 Å². The van der Waals surface area contributed by atoms with Crippen LogP contribution in [0.15, 0.2) is 48.2 Å². The van der Waals surface area contributed by atoms with E-state index in [1.54, 1.807) is 49.7 Å². The van der Waals surface area contributed by atoms with E-state index in [4.69, 9.17) is 21.1 Å². The van der Waals surface area contributed by atoms with Gasteiger partial charge in [-0.25, -0.2) is 0 Å². The van der Waals surface area contributed by atoms with Crippen LogP contribution in [-0.2, 0) is 0 Å². The van der Waals surface area contributed by atoms with Crippen LogP contribution in [0.5, 0.6) is 11.5 Å². The van der Waals surface area contributed by atoms with Crippen molar-refractivity contribution in [1.82, 2.24) is 4.98 Å². The number of nitriles is 1. The SMILES string of the molecule is COc1ccc(/C=C(\C#N)C(=O)c2c[nH]c3cc(Cl)ccc23)cc1OC. The molecule has 1 aromatic heterocycles. The van der Waals surface area contributed by atoms with Gasteiger partial charge in [-0.15, -0.1) is 0 Å². The lowest BCUT2D eigenvalue weighted by atomic mass is 10.0. The van der Waals surface area contributed by atoms with Crippen molar-refractivity contribution in [3.05, 3.63) is 64.3 Å². The molecule has 0 radical (unpaired) electrons. The molecule has 0 aliphatic carbocycles. The van der Waals surface area contributed by atoms with Gasteiger partial charge in [0.05, 0.1) is 14.2 Å². The number of aromatic nitrogens is 1. The molecule has 5 nitrogen and oxygen atoms in total. The van der Waals surface area contributed by atoms with Crippen LogP contribution in [0.2, 0.25) is 5.02 Å². The van der Waals surface area contributed by atoms with Crippen molar-refractivity contribution in [2.45, 2.75) is 0 Å². The van der Waals surface area contributed by atoms with Crippen LogP contribution in [0.4, 0.5) is 0 Å². The highest BCUT2D eigenvalue weighted by molar-refractivity contribution is 6.31. The van der Waals surface area contributed by atoms with Gasteiger partial charge in [0.2, 0.25) is 5.78 Å². The zero-order valence-electron chi connectivity index (χ0n) is 14.2. The number of carbonyl (C=O) groups is 1. The van der Waals surface area contributed by atoms with Gasteiger partial charge in [0.15, 0.2) is 11.5 Å². The van der Waals surface area contributed by atoms with Gasteiger partial charge in [-0.3, -0.25) is 4.79 Å². The van der Waals surface area contributed by atoms with E-state index in [0.29, 0.717) is 33.0 Å². The van der Waals surface area contributed by atoms with E-state index in [-0.39, 0.29) is 11.4 Å². The third-order valence-corrected chi connectivity index (χ3v) is 4.21. The minimum Gasteiger partial charge on any atom is -0.493 e. The summed E-state index contributed by atoms with van der Waals surface area (Å²) in [4.78, 5) is 15.8. The molecule has 26 heavy (non-hydrogen) atoms. The predicted octanol–water partition coefficient (Wildman–Crippen LogP) is 4.63. The molecule has 0 unspecified atom stereocenters. The van der Waals surface area contributed by atoms with E-state index in [2.05, 4.69) is 4.98 Å². The van der Waals surface area contributed by atoms with Crippen LogP contribution < -0.4 is 9.47 Å². The first kappa shape index (κ1) is 17.6. The molecule has 1 heterocycles. The number of hydrogen-bond acceptors (Lipinski definition) is 4. The Morgan fingerprint density at radius 1 is 1.15 bits per heavy atom. The molecule has 3 aromatic rings. The van der Waals surface area contributed by atoms with Gasteiger partial charge in [-0.1, -0.05) is 23.7 Å². The topological polar surface area (TPSA) is 75.1 Å². The van der Waals surface area contributed by atoms with Crippen LogP contribution in [0, 0.1) is 11.3 Å². The largest absolute Gasteiger partial charge is 0.493 e. The van der Waals surface area contributed by atoms with Gasteiger partial charge in [-0.05, 0) is 35.9 Å². The zero-order chi connectivity index (χ0) is 18.7. The fourth-order valence-electron chi connectivity index (χ4n) is 2.69. The van der Waals surface area contributed by atoms with E-state index < -0.39 is 0 Å². The third-order valence-electron chi connectivity index (χ3n) is 3.97. The summed E-state index contributed by atoms with van der Waals surface area (Å²) in [5.74, 6) is 0.728. The number of methoxy groups -OCH3 is 2. The van der Waals surface area contributed by atoms with Crippen molar-refractivity contribution < 1.29 is 14.3 Å². The standard InChI is InChI=1S/C20H15ClN2O3/c1-25-18-6-3-12(8-19(18)26-2)7-13(10-22)20(24)16-11-23-17-9-14(21)4-5-15(16)17/h3-9,11,23H,1-2H3/b13-7+. The highest BCUT2D eigenvalue weighted by Gasteiger charge is 2.17. The number of ketones is 1. The number of nitrogens with one attached hydrogen (secondary N) is 1. The molecule has 0 aliphatic heterocycles. The predicted molar refractivity (Wildman–Crippen MR) is 101 cm³/mol. The Kier molecular flexibility index (Phi) is 4.97. The summed E-state index contributed by atoms with van der Waals surface area (Å²) in [7, 11) is 3.07. The summed E-state index contributed by atoms with van der Waals surface area (Å²) in [5, 5.41) is 10.8. The molecule has 1 N–H and O–H groups in total. The fourth-order valence-corrected chi connectivity index (χ4v) is 2.86. The van der Waals surface area contributed by atoms with E-state index in [0.717, 1.165) is 5.52 Å². The summed E-state index contributed by atoms with van der Waals surface area (Å²) >= 11 is 5.97. The van der Waals surface area contributed by atoms with Crippen LogP contribution >= 0.6 is 11.6 Å². The van der Waals surface area contributed by atoms with Crippen molar-refractivity contribution in [3.8, 4) is 17.6 Å². The quantitative estimate of drug-likeness (QED) is 0.406. The number of benzene rings is 2. The third kappa shape index (κ3) is 3.28. The molecule has 6 heteroatoms. The van der Waals surface area contributed by atoms with Crippen LogP contribution in [0.1, 0.15) is 15.9 Å². The van der Waals surface area contributed by atoms with Crippen molar-refractivity contribution in [2.75, 3.05) is 14.2 Å². The average Bonchev–Trinajstić information content (AvgIpc) is 3.08. The lowest BCUT2D eigenvalue weighted by Crippen LogP contribution is -2.01. The molecule has 0 bridgehead atoms. The summed E-state index contributed by atoms with van der Waals surface area (Å²) in [6, 6.07) is 12.4. The zero-order valence-corrected chi connectivity index (χ0v) is 14.9. The lowest BCUT2D eigenvalue weighted by Gasteiger charge is -2.08. The molecule has 2 aromatic carbocycles. The van der Waals surface area contributed by atoms with Crippen LogP contribution in [0.3, 0.4) is 0 Å². The second-order valence-electron chi connectivity index (χ2n) is 5.51. The maximum atomic E-state index is 12.8. The Morgan fingerprint density at radius 3 is 2.62 bits per heavy atom. The normalized spacial score (nSPS) is 11.2. The van der Waals surface area contributed by atoms with Gasteiger partial charge in [0.1, 0.15) is 11.6 Å². The molecule has 0 spiro atoms. The number of Topliss-reactive ketones (excluding diaryl/α,β-unsaturated/α-hetero) is 1. The summed E-state index contributed by atoms with van der Waals surface area (Å²) in [6.07, 6.45) is 3.11. The van der Waals surface area contributed by atoms with Gasteiger partial charge >= 0.3 is 0 Å². The molecule has 0 aliphatic rings. The number of H-pyrrole nitrogens is 1. The number of ether oxygens (including phenoxy) is 2. The average molecular weight is 367 g/mol. The number of fused-ring (bicyclic) bond motifs is 1. The Morgan fingerprint density at radius 2 is 1.92 bits per heavy atom. The number of halogens is 1. The molecule has 0 fully saturated rings. The first-order chi connectivity index (χ1) is 12.6. The van der Waals surface area contributed by atoms with Gasteiger partial charge in [0, 0.05) is 27.7 Å². The van der Waals surface area contributed by atoms with Crippen LogP contribution in [-0.4, -0.2) is 25.0 Å². The first-order valence-corrected chi connectivity index (χ1v) is 8.10. The molecular formula is C20H15ClN2O3. The first-order valence-electron chi connectivity index (χ1n) is 7.72. The Bertz CT molecular complexity index is 1060. The van der Waals surface area contributed by atoms with E-state index in [1.807, 2.05) is 6.07 Å². The number of aromatic amines is 1. The summed E-state index contributed by atoms with van der Waals surface area (Å²) in [6.45, 7) is 0. The van der Waals surface area contributed by atoms with E-state index in [9.17, 15) is 10.1 Å².